The Morgan fingerprint density at radius 3 is 2.31 bits per heavy atom. The Hall–Kier alpha value is 0.0569. The molecule has 0 N–H and O–H groups in total. The summed E-state index contributed by atoms with van der Waals surface area (Å²) in [5.41, 5.74) is 0. The van der Waals surface area contributed by atoms with E-state index in [1.165, 1.54) is 6.42 Å². The largest absolute Gasteiger partial charge is 0.398 e. The van der Waals surface area contributed by atoms with Gasteiger partial charge in [0.05, 0.1) is 13.2 Å². The molecular formula is C11H25NO3Si. The average Bonchev–Trinajstić information content (AvgIpc) is 2.37. The molecule has 0 saturated carbocycles. The van der Waals surface area contributed by atoms with Crippen LogP contribution in [0.25, 0.3) is 0 Å². The number of morpholine rings is 1. The highest BCUT2D eigenvalue weighted by atomic mass is 28.4. The van der Waals surface area contributed by atoms with Crippen LogP contribution in [-0.4, -0.2) is 60.5 Å². The number of nitrogens with zero attached hydrogens (tertiary/aromatic N) is 1. The van der Waals surface area contributed by atoms with Gasteiger partial charge in [-0.3, -0.25) is 4.90 Å². The fourth-order valence-corrected chi connectivity index (χ4v) is 4.35. The van der Waals surface area contributed by atoms with Crippen LogP contribution in [0.5, 0.6) is 0 Å². The van der Waals surface area contributed by atoms with Gasteiger partial charge in [-0.05, 0) is 25.1 Å². The molecule has 0 unspecified atom stereocenters. The molecule has 1 saturated heterocycles. The van der Waals surface area contributed by atoms with Crippen molar-refractivity contribution in [2.45, 2.75) is 25.4 Å². The summed E-state index contributed by atoms with van der Waals surface area (Å²) in [6.07, 6.45) is 1.17. The fraction of sp³-hybridized carbons (Fsp3) is 1.00. The van der Waals surface area contributed by atoms with Crippen molar-refractivity contribution >= 4 is 8.56 Å². The van der Waals surface area contributed by atoms with Crippen molar-refractivity contribution < 1.29 is 13.6 Å². The lowest BCUT2D eigenvalue weighted by molar-refractivity contribution is 0.0376. The van der Waals surface area contributed by atoms with Gasteiger partial charge in [0, 0.05) is 27.3 Å². The molecule has 96 valence electrons. The Bertz CT molecular complexity index is 174. The van der Waals surface area contributed by atoms with Crippen molar-refractivity contribution in [2.75, 3.05) is 47.1 Å². The first-order chi connectivity index (χ1) is 7.76. The molecule has 1 aliphatic heterocycles. The monoisotopic (exact) mass is 247 g/mol. The molecule has 1 fully saturated rings. The lowest BCUT2D eigenvalue weighted by atomic mass is 10.3. The highest BCUT2D eigenvalue weighted by molar-refractivity contribution is 6.67. The van der Waals surface area contributed by atoms with Gasteiger partial charge in [0.1, 0.15) is 0 Å². The zero-order chi connectivity index (χ0) is 11.9. The maximum Gasteiger partial charge on any atom is 0.337 e. The normalized spacial score (nSPS) is 18.9. The van der Waals surface area contributed by atoms with Gasteiger partial charge in [-0.15, -0.1) is 0 Å². The molecule has 0 bridgehead atoms. The van der Waals surface area contributed by atoms with Crippen LogP contribution < -0.4 is 0 Å². The van der Waals surface area contributed by atoms with E-state index < -0.39 is 8.56 Å². The average molecular weight is 247 g/mol. The van der Waals surface area contributed by atoms with E-state index >= 15 is 0 Å². The van der Waals surface area contributed by atoms with Gasteiger partial charge in [0.2, 0.25) is 0 Å². The van der Waals surface area contributed by atoms with Gasteiger partial charge < -0.3 is 13.6 Å². The van der Waals surface area contributed by atoms with Gasteiger partial charge >= 0.3 is 8.56 Å². The summed E-state index contributed by atoms with van der Waals surface area (Å²) in [6, 6.07) is 2.12. The zero-order valence-electron chi connectivity index (χ0n) is 10.8. The first kappa shape index (κ1) is 14.1. The number of ether oxygens (including phenoxy) is 1. The number of rotatable bonds is 7. The summed E-state index contributed by atoms with van der Waals surface area (Å²) < 4.78 is 16.5. The lowest BCUT2D eigenvalue weighted by Crippen LogP contribution is -2.41. The lowest BCUT2D eigenvalue weighted by Gasteiger charge is -2.29. The summed E-state index contributed by atoms with van der Waals surface area (Å²) in [5.74, 6) is 0. The molecule has 4 nitrogen and oxygen atoms in total. The summed E-state index contributed by atoms with van der Waals surface area (Å²) in [5, 5.41) is 0. The molecule has 0 aromatic carbocycles. The van der Waals surface area contributed by atoms with Crippen LogP contribution in [0, 0.1) is 0 Å². The van der Waals surface area contributed by atoms with Crippen LogP contribution in [0.1, 0.15) is 13.3 Å². The number of hydrogen-bond donors (Lipinski definition) is 0. The van der Waals surface area contributed by atoms with Crippen LogP contribution in [0.3, 0.4) is 0 Å². The minimum atomic E-state index is -1.86. The minimum Gasteiger partial charge on any atom is -0.398 e. The molecule has 1 rings (SSSR count). The molecule has 5 heteroatoms. The predicted octanol–water partition coefficient (Wildman–Crippen LogP) is 1.46. The molecule has 0 spiro atoms. The third-order valence-corrected chi connectivity index (χ3v) is 7.10. The van der Waals surface area contributed by atoms with Gasteiger partial charge in [-0.2, -0.15) is 0 Å². The topological polar surface area (TPSA) is 30.9 Å². The van der Waals surface area contributed by atoms with Crippen molar-refractivity contribution in [3.8, 4) is 0 Å². The Morgan fingerprint density at radius 1 is 1.19 bits per heavy atom. The van der Waals surface area contributed by atoms with Crippen molar-refractivity contribution in [1.82, 2.24) is 4.90 Å². The van der Waals surface area contributed by atoms with Gasteiger partial charge in [0.25, 0.3) is 0 Å². The standard InChI is InChI=1S/C11H25NO3Si/c1-4-16(13-2,14-3)11-5-6-12-7-9-15-10-8-12/h4-11H2,1-3H3. The molecule has 1 aliphatic rings. The second-order valence-electron chi connectivity index (χ2n) is 4.23. The van der Waals surface area contributed by atoms with Gasteiger partial charge in [0.15, 0.2) is 0 Å². The summed E-state index contributed by atoms with van der Waals surface area (Å²) in [4.78, 5) is 2.46. The molecule has 0 aromatic rings. The van der Waals surface area contributed by atoms with E-state index in [1.54, 1.807) is 14.2 Å². The number of hydrogen-bond acceptors (Lipinski definition) is 4. The second kappa shape index (κ2) is 7.40. The smallest absolute Gasteiger partial charge is 0.337 e. The Morgan fingerprint density at radius 2 is 1.81 bits per heavy atom. The van der Waals surface area contributed by atoms with Gasteiger partial charge in [-0.1, -0.05) is 6.92 Å². The molecule has 0 atom stereocenters. The van der Waals surface area contributed by atoms with E-state index in [-0.39, 0.29) is 0 Å². The van der Waals surface area contributed by atoms with Gasteiger partial charge in [-0.25, -0.2) is 0 Å². The van der Waals surface area contributed by atoms with E-state index in [0.717, 1.165) is 44.9 Å². The van der Waals surface area contributed by atoms with E-state index in [1.807, 2.05) is 0 Å². The Balaban J connectivity index is 2.21. The van der Waals surface area contributed by atoms with Crippen LogP contribution in [0.4, 0.5) is 0 Å². The SMILES string of the molecule is CC[Si](CCCN1CCOCC1)(OC)OC. The van der Waals surface area contributed by atoms with E-state index in [2.05, 4.69) is 11.8 Å². The summed E-state index contributed by atoms with van der Waals surface area (Å²) >= 11 is 0. The summed E-state index contributed by atoms with van der Waals surface area (Å²) in [6.45, 7) is 7.20. The zero-order valence-corrected chi connectivity index (χ0v) is 11.8. The first-order valence-electron chi connectivity index (χ1n) is 6.16. The molecule has 0 amide bonds. The molecule has 0 aromatic heterocycles. The van der Waals surface area contributed by atoms with Crippen LogP contribution in [0.2, 0.25) is 12.1 Å². The molecule has 1 heterocycles. The van der Waals surface area contributed by atoms with E-state index in [4.69, 9.17) is 13.6 Å². The highest BCUT2D eigenvalue weighted by Crippen LogP contribution is 2.19. The molecular weight excluding hydrogens is 222 g/mol. The third kappa shape index (κ3) is 4.14. The van der Waals surface area contributed by atoms with Crippen LogP contribution >= 0.6 is 0 Å². The van der Waals surface area contributed by atoms with Crippen molar-refractivity contribution in [3.05, 3.63) is 0 Å². The fourth-order valence-electron chi connectivity index (χ4n) is 2.15. The van der Waals surface area contributed by atoms with E-state index in [9.17, 15) is 0 Å². The van der Waals surface area contributed by atoms with Crippen molar-refractivity contribution in [2.24, 2.45) is 0 Å². The predicted molar refractivity (Wildman–Crippen MR) is 66.9 cm³/mol. The Labute approximate surface area is 100 Å². The summed E-state index contributed by atoms with van der Waals surface area (Å²) in [7, 11) is 1.71. The molecule has 0 aliphatic carbocycles. The highest BCUT2D eigenvalue weighted by Gasteiger charge is 2.32. The van der Waals surface area contributed by atoms with Crippen molar-refractivity contribution in [3.63, 3.8) is 0 Å². The Kier molecular flexibility index (Phi) is 6.53. The van der Waals surface area contributed by atoms with Crippen LogP contribution in [0.15, 0.2) is 0 Å². The molecule has 16 heavy (non-hydrogen) atoms. The minimum absolute atomic E-state index is 0.880. The quantitative estimate of drug-likeness (QED) is 0.637. The maximum absolute atomic E-state index is 5.60. The van der Waals surface area contributed by atoms with E-state index in [0.29, 0.717) is 0 Å². The van der Waals surface area contributed by atoms with Crippen LogP contribution in [-0.2, 0) is 13.6 Å². The second-order valence-corrected chi connectivity index (χ2v) is 8.08. The molecule has 0 radical (unpaired) electrons. The van der Waals surface area contributed by atoms with Crippen molar-refractivity contribution in [1.29, 1.82) is 0 Å². The third-order valence-electron chi connectivity index (χ3n) is 3.42. The first-order valence-corrected chi connectivity index (χ1v) is 8.40. The maximum atomic E-state index is 5.60.